The topological polar surface area (TPSA) is 59.7 Å². The van der Waals surface area contributed by atoms with Crippen LogP contribution >= 0.6 is 23.4 Å². The molecule has 0 aliphatic heterocycles. The van der Waals surface area contributed by atoms with Gasteiger partial charge in [-0.1, -0.05) is 18.5 Å². The summed E-state index contributed by atoms with van der Waals surface area (Å²) in [5.41, 5.74) is 1.22. The van der Waals surface area contributed by atoms with Gasteiger partial charge < -0.3 is 14.3 Å². The third-order valence-electron chi connectivity index (χ3n) is 4.65. The van der Waals surface area contributed by atoms with Crippen molar-refractivity contribution < 1.29 is 32.2 Å². The second-order valence-electron chi connectivity index (χ2n) is 7.04. The molecule has 0 bridgehead atoms. The highest BCUT2D eigenvalue weighted by atomic mass is 35.5. The van der Waals surface area contributed by atoms with Crippen molar-refractivity contribution in [3.05, 3.63) is 70.4 Å². The zero-order chi connectivity index (χ0) is 23.5. The molecule has 3 rings (SSSR count). The molecular formula is C23H20ClF3O4S. The van der Waals surface area contributed by atoms with E-state index in [4.69, 9.17) is 25.9 Å². The number of hydrogen-bond acceptors (Lipinski definition) is 4. The molecule has 1 aromatic heterocycles. The minimum absolute atomic E-state index is 0.0300. The zero-order valence-corrected chi connectivity index (χ0v) is 18.8. The van der Waals surface area contributed by atoms with Gasteiger partial charge in [0.15, 0.2) is 6.10 Å². The Kier molecular flexibility index (Phi) is 7.46. The Hall–Kier alpha value is -2.58. The monoisotopic (exact) mass is 484 g/mol. The van der Waals surface area contributed by atoms with Crippen molar-refractivity contribution in [3.63, 3.8) is 0 Å². The van der Waals surface area contributed by atoms with E-state index in [1.807, 2.05) is 0 Å². The molecular weight excluding hydrogens is 465 g/mol. The molecule has 0 spiro atoms. The van der Waals surface area contributed by atoms with Crippen molar-refractivity contribution >= 4 is 29.3 Å². The molecule has 32 heavy (non-hydrogen) atoms. The van der Waals surface area contributed by atoms with Gasteiger partial charge in [-0.05, 0) is 67.4 Å². The predicted molar refractivity (Wildman–Crippen MR) is 117 cm³/mol. The highest BCUT2D eigenvalue weighted by Gasteiger charge is 2.38. The largest absolute Gasteiger partial charge is 0.479 e. The number of furan rings is 1. The summed E-state index contributed by atoms with van der Waals surface area (Å²) in [7, 11) is 0. The number of carboxylic acid groups (broad SMARTS) is 1. The van der Waals surface area contributed by atoms with Crippen LogP contribution in [0.5, 0.6) is 5.75 Å². The van der Waals surface area contributed by atoms with Crippen molar-refractivity contribution in [2.45, 2.75) is 43.2 Å². The highest BCUT2D eigenvalue weighted by molar-refractivity contribution is 7.98. The number of carboxylic acids is 1. The molecule has 0 saturated carbocycles. The van der Waals surface area contributed by atoms with Crippen molar-refractivity contribution in [3.8, 4) is 17.1 Å². The fraction of sp³-hybridized carbons (Fsp3) is 0.261. The van der Waals surface area contributed by atoms with Crippen LogP contribution in [-0.4, -0.2) is 17.2 Å². The third kappa shape index (κ3) is 5.81. The zero-order valence-electron chi connectivity index (χ0n) is 17.2. The van der Waals surface area contributed by atoms with Gasteiger partial charge in [-0.25, -0.2) is 4.79 Å². The summed E-state index contributed by atoms with van der Waals surface area (Å²) in [6.07, 6.45) is -5.28. The van der Waals surface area contributed by atoms with Crippen molar-refractivity contribution in [2.75, 3.05) is 0 Å². The number of alkyl halides is 3. The van der Waals surface area contributed by atoms with Gasteiger partial charge in [-0.15, -0.1) is 11.8 Å². The van der Waals surface area contributed by atoms with Crippen LogP contribution in [-0.2, 0) is 16.7 Å². The van der Waals surface area contributed by atoms with E-state index in [0.29, 0.717) is 28.3 Å². The normalized spacial score (nSPS) is 12.6. The Morgan fingerprint density at radius 1 is 1.19 bits per heavy atom. The van der Waals surface area contributed by atoms with Crippen molar-refractivity contribution in [1.29, 1.82) is 0 Å². The van der Waals surface area contributed by atoms with Gasteiger partial charge in [-0.3, -0.25) is 0 Å². The molecule has 0 radical (unpaired) electrons. The van der Waals surface area contributed by atoms with E-state index in [2.05, 4.69) is 0 Å². The maximum atomic E-state index is 13.5. The first kappa shape index (κ1) is 24.1. The van der Waals surface area contributed by atoms with Crippen molar-refractivity contribution in [1.82, 2.24) is 0 Å². The van der Waals surface area contributed by atoms with Gasteiger partial charge in [0.2, 0.25) is 5.76 Å². The number of aryl methyl sites for hydroxylation is 1. The van der Waals surface area contributed by atoms with Gasteiger partial charge in [0.1, 0.15) is 11.5 Å². The first-order chi connectivity index (χ1) is 15.1. The summed E-state index contributed by atoms with van der Waals surface area (Å²) in [5, 5.41) is 9.62. The molecule has 1 N–H and O–H groups in total. The summed E-state index contributed by atoms with van der Waals surface area (Å²) < 4.78 is 51.2. The average Bonchev–Trinajstić information content (AvgIpc) is 3.16. The summed E-state index contributed by atoms with van der Waals surface area (Å²) in [5.74, 6) is -1.50. The van der Waals surface area contributed by atoms with Crippen molar-refractivity contribution in [2.24, 2.45) is 0 Å². The molecule has 9 heteroatoms. The summed E-state index contributed by atoms with van der Waals surface area (Å²) >= 11 is 7.06. The molecule has 0 saturated heterocycles. The van der Waals surface area contributed by atoms with E-state index in [9.17, 15) is 18.0 Å². The molecule has 4 nitrogen and oxygen atoms in total. The number of aliphatic carboxylic acids is 1. The minimum Gasteiger partial charge on any atom is -0.479 e. The maximum absolute atomic E-state index is 13.5. The highest BCUT2D eigenvalue weighted by Crippen LogP contribution is 2.40. The van der Waals surface area contributed by atoms with E-state index in [1.165, 1.54) is 17.8 Å². The van der Waals surface area contributed by atoms with E-state index < -0.39 is 24.0 Å². The Labute approximate surface area is 192 Å². The molecule has 3 aromatic rings. The van der Waals surface area contributed by atoms with E-state index in [1.54, 1.807) is 56.3 Å². The Morgan fingerprint density at radius 2 is 1.88 bits per heavy atom. The lowest BCUT2D eigenvalue weighted by Gasteiger charge is -2.15. The van der Waals surface area contributed by atoms with Gasteiger partial charge >= 0.3 is 12.1 Å². The van der Waals surface area contributed by atoms with E-state index in [0.717, 1.165) is 4.90 Å². The second kappa shape index (κ2) is 9.92. The second-order valence-corrected chi connectivity index (χ2v) is 8.52. The van der Waals surface area contributed by atoms with Gasteiger partial charge in [0.25, 0.3) is 0 Å². The first-order valence-electron chi connectivity index (χ1n) is 9.67. The Bertz CT molecular complexity index is 1090. The predicted octanol–water partition coefficient (Wildman–Crippen LogP) is 7.46. The van der Waals surface area contributed by atoms with Crippen LogP contribution < -0.4 is 4.74 Å². The smallest absolute Gasteiger partial charge is 0.449 e. The number of halogens is 4. The summed E-state index contributed by atoms with van der Waals surface area (Å²) in [4.78, 5) is 11.9. The van der Waals surface area contributed by atoms with Crippen LogP contribution in [0.4, 0.5) is 13.2 Å². The minimum atomic E-state index is -4.62. The van der Waals surface area contributed by atoms with Crippen LogP contribution in [0.25, 0.3) is 11.3 Å². The third-order valence-corrected chi connectivity index (χ3v) is 5.95. The lowest BCUT2D eigenvalue weighted by Crippen LogP contribution is -2.26. The summed E-state index contributed by atoms with van der Waals surface area (Å²) in [6.45, 7) is 3.46. The SMILES string of the molecule is CCC(Oc1ccc(SCc2cc(-c3ccc(Cl)cc3)oc2C(F)(F)F)cc1C)C(=O)O. The molecule has 2 aromatic carbocycles. The number of ether oxygens (including phenoxy) is 1. The number of benzene rings is 2. The molecule has 0 aliphatic carbocycles. The Morgan fingerprint density at radius 3 is 2.44 bits per heavy atom. The maximum Gasteiger partial charge on any atom is 0.449 e. The first-order valence-corrected chi connectivity index (χ1v) is 11.0. The van der Waals surface area contributed by atoms with E-state index in [-0.39, 0.29) is 17.1 Å². The molecule has 1 heterocycles. The number of rotatable bonds is 8. The van der Waals surface area contributed by atoms with Crippen LogP contribution in [0, 0.1) is 6.92 Å². The number of carbonyl (C=O) groups is 1. The number of hydrogen-bond donors (Lipinski definition) is 1. The number of thioether (sulfide) groups is 1. The van der Waals surface area contributed by atoms with Gasteiger partial charge in [0.05, 0.1) is 0 Å². The molecule has 0 aliphatic rings. The lowest BCUT2D eigenvalue weighted by molar-refractivity contribution is -0.153. The lowest BCUT2D eigenvalue weighted by atomic mass is 10.1. The standard InChI is InChI=1S/C23H20ClF3O4S/c1-3-18(22(28)29)30-19-9-8-17(10-13(19)2)32-12-15-11-20(31-21(15)23(25,26)27)14-4-6-16(24)7-5-14/h4-11,18H,3,12H2,1-2H3,(H,28,29). The average molecular weight is 485 g/mol. The Balaban J connectivity index is 1.79. The molecule has 0 fully saturated rings. The van der Waals surface area contributed by atoms with Gasteiger partial charge in [0, 0.05) is 26.8 Å². The summed E-state index contributed by atoms with van der Waals surface area (Å²) in [6, 6.07) is 12.8. The van der Waals surface area contributed by atoms with Crippen LogP contribution in [0.15, 0.2) is 57.8 Å². The van der Waals surface area contributed by atoms with E-state index >= 15 is 0 Å². The van der Waals surface area contributed by atoms with Crippen LogP contribution in [0.3, 0.4) is 0 Å². The van der Waals surface area contributed by atoms with Crippen LogP contribution in [0.1, 0.15) is 30.2 Å². The molecule has 1 atom stereocenters. The fourth-order valence-corrected chi connectivity index (χ4v) is 4.09. The molecule has 0 amide bonds. The molecule has 1 unspecified atom stereocenters. The molecule has 170 valence electrons. The van der Waals surface area contributed by atoms with Gasteiger partial charge in [-0.2, -0.15) is 13.2 Å². The quantitative estimate of drug-likeness (QED) is 0.336. The fourth-order valence-electron chi connectivity index (χ4n) is 3.00. The van der Waals surface area contributed by atoms with Crippen LogP contribution in [0.2, 0.25) is 5.02 Å².